The first-order valence-electron chi connectivity index (χ1n) is 5.86. The summed E-state index contributed by atoms with van der Waals surface area (Å²) in [6.45, 7) is 0. The van der Waals surface area contributed by atoms with Crippen LogP contribution >= 0.6 is 27.5 Å². The summed E-state index contributed by atoms with van der Waals surface area (Å²) in [5, 5.41) is 5.20. The highest BCUT2D eigenvalue weighted by molar-refractivity contribution is 9.10. The van der Waals surface area contributed by atoms with Crippen LogP contribution in [0.4, 0.5) is 20.2 Å². The van der Waals surface area contributed by atoms with Crippen LogP contribution in [-0.2, 0) is 0 Å². The number of hydrogen-bond donors (Lipinski definition) is 2. The van der Waals surface area contributed by atoms with E-state index in [4.69, 9.17) is 11.6 Å². The molecule has 0 aliphatic rings. The lowest BCUT2D eigenvalue weighted by Crippen LogP contribution is -2.15. The maximum Gasteiger partial charge on any atom is 0.257 e. The molecule has 2 rings (SSSR count). The van der Waals surface area contributed by atoms with Gasteiger partial charge in [0.25, 0.3) is 5.91 Å². The van der Waals surface area contributed by atoms with Crippen LogP contribution in [0.5, 0.6) is 0 Å². The largest absolute Gasteiger partial charge is 0.385 e. The fourth-order valence-corrected chi connectivity index (χ4v) is 2.71. The van der Waals surface area contributed by atoms with Crippen LogP contribution in [0.3, 0.4) is 0 Å². The highest BCUT2D eigenvalue weighted by Crippen LogP contribution is 2.32. The Bertz CT molecular complexity index is 686. The number of anilines is 2. The Kier molecular flexibility index (Phi) is 4.80. The summed E-state index contributed by atoms with van der Waals surface area (Å²) >= 11 is 9.02. The fraction of sp³-hybridized carbons (Fsp3) is 0.0714. The molecule has 0 unspecified atom stereocenters. The van der Waals surface area contributed by atoms with Gasteiger partial charge in [0.05, 0.1) is 22.0 Å². The molecule has 0 bridgehead atoms. The molecule has 0 radical (unpaired) electrons. The zero-order valence-electron chi connectivity index (χ0n) is 10.8. The van der Waals surface area contributed by atoms with Gasteiger partial charge in [0.15, 0.2) is 0 Å². The Labute approximate surface area is 133 Å². The normalized spacial score (nSPS) is 10.3. The molecule has 1 amide bonds. The van der Waals surface area contributed by atoms with Crippen molar-refractivity contribution in [1.29, 1.82) is 0 Å². The first-order chi connectivity index (χ1) is 9.93. The fourth-order valence-electron chi connectivity index (χ4n) is 1.81. The minimum atomic E-state index is -0.562. The molecule has 0 aliphatic carbocycles. The third kappa shape index (κ3) is 3.33. The molecule has 7 heteroatoms. The van der Waals surface area contributed by atoms with E-state index in [1.165, 1.54) is 31.3 Å². The first-order valence-corrected chi connectivity index (χ1v) is 7.03. The molecule has 2 N–H and O–H groups in total. The minimum Gasteiger partial charge on any atom is -0.385 e. The van der Waals surface area contributed by atoms with Crippen molar-refractivity contribution in [1.82, 2.24) is 0 Å². The molecule has 0 aromatic heterocycles. The highest BCUT2D eigenvalue weighted by Gasteiger charge is 2.17. The van der Waals surface area contributed by atoms with Gasteiger partial charge in [-0.05, 0) is 40.2 Å². The van der Waals surface area contributed by atoms with E-state index in [1.54, 1.807) is 0 Å². The molecule has 2 aromatic rings. The molecule has 2 aromatic carbocycles. The molecule has 21 heavy (non-hydrogen) atoms. The lowest BCUT2D eigenvalue weighted by atomic mass is 10.1. The van der Waals surface area contributed by atoms with E-state index in [2.05, 4.69) is 26.6 Å². The van der Waals surface area contributed by atoms with E-state index < -0.39 is 17.5 Å². The number of benzene rings is 2. The van der Waals surface area contributed by atoms with Crippen LogP contribution in [0.1, 0.15) is 10.4 Å². The van der Waals surface area contributed by atoms with Gasteiger partial charge in [-0.2, -0.15) is 0 Å². The van der Waals surface area contributed by atoms with E-state index in [0.29, 0.717) is 4.47 Å². The Balaban J connectivity index is 2.38. The average molecular weight is 376 g/mol. The number of hydrogen-bond acceptors (Lipinski definition) is 2. The van der Waals surface area contributed by atoms with Crippen molar-refractivity contribution in [3.63, 3.8) is 0 Å². The summed E-state index contributed by atoms with van der Waals surface area (Å²) in [6, 6.07) is 6.38. The van der Waals surface area contributed by atoms with Crippen LogP contribution in [0, 0.1) is 11.6 Å². The number of para-hydroxylation sites is 1. The monoisotopic (exact) mass is 374 g/mol. The zero-order chi connectivity index (χ0) is 15.6. The summed E-state index contributed by atoms with van der Waals surface area (Å²) in [6.07, 6.45) is 0. The molecular weight excluding hydrogens is 366 g/mol. The first kappa shape index (κ1) is 15.7. The standard InChI is InChI=1S/C14H10BrClF2N2O/c1-19-12-8(3-2-4-11(12)18)14(21)20-13-9(15)5-7(17)6-10(13)16/h2-6,19H,1H3,(H,20,21). The topological polar surface area (TPSA) is 41.1 Å². The van der Waals surface area contributed by atoms with Crippen molar-refractivity contribution >= 4 is 44.8 Å². The van der Waals surface area contributed by atoms with Crippen molar-refractivity contribution < 1.29 is 13.6 Å². The maximum absolute atomic E-state index is 13.6. The molecule has 0 spiro atoms. The summed E-state index contributed by atoms with van der Waals surface area (Å²) in [4.78, 5) is 12.2. The Morgan fingerprint density at radius 2 is 1.95 bits per heavy atom. The maximum atomic E-state index is 13.6. The second-order valence-corrected chi connectivity index (χ2v) is 5.37. The zero-order valence-corrected chi connectivity index (χ0v) is 13.1. The predicted octanol–water partition coefficient (Wildman–Crippen LogP) is 4.67. The van der Waals surface area contributed by atoms with Gasteiger partial charge in [0, 0.05) is 11.5 Å². The molecule has 110 valence electrons. The van der Waals surface area contributed by atoms with E-state index in [0.717, 1.165) is 6.07 Å². The second kappa shape index (κ2) is 6.41. The quantitative estimate of drug-likeness (QED) is 0.818. The van der Waals surface area contributed by atoms with Crippen molar-refractivity contribution in [2.45, 2.75) is 0 Å². The molecule has 3 nitrogen and oxygen atoms in total. The number of halogens is 4. The van der Waals surface area contributed by atoms with E-state index in [1.807, 2.05) is 0 Å². The number of carbonyl (C=O) groups excluding carboxylic acids is 1. The third-order valence-electron chi connectivity index (χ3n) is 2.75. The second-order valence-electron chi connectivity index (χ2n) is 4.11. The van der Waals surface area contributed by atoms with Gasteiger partial charge in [0.2, 0.25) is 0 Å². The molecule has 0 heterocycles. The van der Waals surface area contributed by atoms with Crippen molar-refractivity contribution in [2.75, 3.05) is 17.7 Å². The summed E-state index contributed by atoms with van der Waals surface area (Å²) in [5.41, 5.74) is 0.406. The summed E-state index contributed by atoms with van der Waals surface area (Å²) in [5.74, 6) is -1.64. The van der Waals surface area contributed by atoms with Crippen LogP contribution in [0.2, 0.25) is 5.02 Å². The third-order valence-corrected chi connectivity index (χ3v) is 3.68. The summed E-state index contributed by atoms with van der Waals surface area (Å²) < 4.78 is 27.1. The van der Waals surface area contributed by atoms with Gasteiger partial charge in [0.1, 0.15) is 11.6 Å². The Morgan fingerprint density at radius 3 is 2.57 bits per heavy atom. The predicted molar refractivity (Wildman–Crippen MR) is 83.0 cm³/mol. The van der Waals surface area contributed by atoms with Crippen molar-refractivity contribution in [3.05, 3.63) is 57.0 Å². The van der Waals surface area contributed by atoms with Crippen LogP contribution < -0.4 is 10.6 Å². The van der Waals surface area contributed by atoms with Gasteiger partial charge >= 0.3 is 0 Å². The number of carbonyl (C=O) groups is 1. The SMILES string of the molecule is CNc1c(F)cccc1C(=O)Nc1c(Cl)cc(F)cc1Br. The van der Waals surface area contributed by atoms with Gasteiger partial charge in [-0.1, -0.05) is 17.7 Å². The molecular formula is C14H10BrClF2N2O. The van der Waals surface area contributed by atoms with Gasteiger partial charge < -0.3 is 10.6 Å². The number of rotatable bonds is 3. The molecule has 0 saturated carbocycles. The molecule has 0 atom stereocenters. The molecule has 0 fully saturated rings. The highest BCUT2D eigenvalue weighted by atomic mass is 79.9. The number of amides is 1. The van der Waals surface area contributed by atoms with Crippen molar-refractivity contribution in [3.8, 4) is 0 Å². The van der Waals surface area contributed by atoms with Gasteiger partial charge in [-0.15, -0.1) is 0 Å². The minimum absolute atomic E-state index is 0.0395. The lowest BCUT2D eigenvalue weighted by molar-refractivity contribution is 0.102. The van der Waals surface area contributed by atoms with Crippen LogP contribution in [-0.4, -0.2) is 13.0 Å². The average Bonchev–Trinajstić information content (AvgIpc) is 2.42. The van der Waals surface area contributed by atoms with E-state index >= 15 is 0 Å². The Hall–Kier alpha value is -1.66. The lowest BCUT2D eigenvalue weighted by Gasteiger charge is -2.13. The van der Waals surface area contributed by atoms with Crippen molar-refractivity contribution in [2.24, 2.45) is 0 Å². The van der Waals surface area contributed by atoms with Crippen LogP contribution in [0.15, 0.2) is 34.8 Å². The Morgan fingerprint density at radius 1 is 1.24 bits per heavy atom. The van der Waals surface area contributed by atoms with Gasteiger partial charge in [-0.25, -0.2) is 8.78 Å². The number of nitrogens with one attached hydrogen (secondary N) is 2. The summed E-state index contributed by atoms with van der Waals surface area (Å²) in [7, 11) is 1.51. The van der Waals surface area contributed by atoms with Gasteiger partial charge in [-0.3, -0.25) is 4.79 Å². The van der Waals surface area contributed by atoms with E-state index in [9.17, 15) is 13.6 Å². The molecule has 0 saturated heterocycles. The van der Waals surface area contributed by atoms with Crippen LogP contribution in [0.25, 0.3) is 0 Å². The molecule has 0 aliphatic heterocycles. The van der Waals surface area contributed by atoms with E-state index in [-0.39, 0.29) is 22.0 Å². The smallest absolute Gasteiger partial charge is 0.257 e.